The van der Waals surface area contributed by atoms with Crippen molar-refractivity contribution in [2.75, 3.05) is 7.11 Å². The number of esters is 1. The van der Waals surface area contributed by atoms with Crippen LogP contribution in [0.15, 0.2) is 30.5 Å². The molecule has 26 heavy (non-hydrogen) atoms. The van der Waals surface area contributed by atoms with Gasteiger partial charge in [-0.05, 0) is 38.8 Å². The molecule has 0 aliphatic rings. The predicted molar refractivity (Wildman–Crippen MR) is 103 cm³/mol. The Balaban J connectivity index is 1.77. The zero-order valence-electron chi connectivity index (χ0n) is 16.1. The molecule has 0 radical (unpaired) electrons. The van der Waals surface area contributed by atoms with Crippen molar-refractivity contribution in [1.29, 1.82) is 0 Å². The molecular weight excluding hydrogens is 328 g/mol. The van der Waals surface area contributed by atoms with Crippen LogP contribution < -0.4 is 4.74 Å². The minimum absolute atomic E-state index is 0.116. The maximum Gasteiger partial charge on any atom is 0.305 e. The van der Waals surface area contributed by atoms with Gasteiger partial charge in [0.2, 0.25) is 0 Å². The molecule has 0 amide bonds. The van der Waals surface area contributed by atoms with E-state index in [1.807, 2.05) is 44.3 Å². The Bertz CT molecular complexity index is 679. The number of unbranched alkanes of at least 4 members (excludes halogenated alkanes) is 4. The predicted octanol–water partition coefficient (Wildman–Crippen LogP) is 4.92. The number of carbonyl (C=O) groups excluding carboxylic acids is 1. The number of rotatable bonds is 11. The van der Waals surface area contributed by atoms with E-state index in [1.54, 1.807) is 0 Å². The van der Waals surface area contributed by atoms with Crippen LogP contribution in [0.2, 0.25) is 0 Å². The van der Waals surface area contributed by atoms with Crippen molar-refractivity contribution in [2.45, 2.75) is 64.9 Å². The lowest BCUT2D eigenvalue weighted by molar-refractivity contribution is -0.140. The first-order valence-corrected chi connectivity index (χ1v) is 9.47. The van der Waals surface area contributed by atoms with E-state index >= 15 is 0 Å². The minimum atomic E-state index is -0.116. The Morgan fingerprint density at radius 3 is 2.62 bits per heavy atom. The molecule has 1 aromatic carbocycles. The number of para-hydroxylation sites is 1. The normalized spacial score (nSPS) is 10.9. The van der Waals surface area contributed by atoms with E-state index in [4.69, 9.17) is 9.72 Å². The van der Waals surface area contributed by atoms with Crippen LogP contribution in [-0.4, -0.2) is 29.2 Å². The third kappa shape index (κ3) is 6.54. The van der Waals surface area contributed by atoms with Gasteiger partial charge in [0.05, 0.1) is 18.9 Å². The summed E-state index contributed by atoms with van der Waals surface area (Å²) in [4.78, 5) is 19.0. The molecule has 0 fully saturated rings. The topological polar surface area (TPSA) is 64.2 Å². The van der Waals surface area contributed by atoms with Gasteiger partial charge in [-0.15, -0.1) is 0 Å². The molecule has 1 N–H and O–H groups in total. The lowest BCUT2D eigenvalue weighted by atomic mass is 10.1. The summed E-state index contributed by atoms with van der Waals surface area (Å²) in [5.74, 6) is 1.76. The van der Waals surface area contributed by atoms with Crippen molar-refractivity contribution in [3.05, 3.63) is 36.3 Å². The molecule has 1 aromatic heterocycles. The van der Waals surface area contributed by atoms with Gasteiger partial charge in [0.1, 0.15) is 11.6 Å². The number of nitrogens with one attached hydrogen (secondary N) is 1. The van der Waals surface area contributed by atoms with Crippen LogP contribution in [0, 0.1) is 0 Å². The third-order valence-corrected chi connectivity index (χ3v) is 4.18. The summed E-state index contributed by atoms with van der Waals surface area (Å²) in [6.45, 7) is 4.05. The Kier molecular flexibility index (Phi) is 8.19. The molecule has 2 rings (SSSR count). The van der Waals surface area contributed by atoms with E-state index in [-0.39, 0.29) is 12.1 Å². The molecule has 5 nitrogen and oxygen atoms in total. The van der Waals surface area contributed by atoms with E-state index in [2.05, 4.69) is 9.72 Å². The lowest BCUT2D eigenvalue weighted by Crippen LogP contribution is -2.06. The van der Waals surface area contributed by atoms with Gasteiger partial charge in [0.25, 0.3) is 0 Å². The molecule has 0 unspecified atom stereocenters. The summed E-state index contributed by atoms with van der Waals surface area (Å²) in [6, 6.07) is 8.01. The van der Waals surface area contributed by atoms with Crippen LogP contribution in [0.1, 0.15) is 58.2 Å². The summed E-state index contributed by atoms with van der Waals surface area (Å²) in [5, 5.41) is 0. The van der Waals surface area contributed by atoms with Crippen LogP contribution >= 0.6 is 0 Å². The number of methoxy groups -OCH3 is 1. The molecule has 0 bridgehead atoms. The van der Waals surface area contributed by atoms with Crippen LogP contribution in [0.5, 0.6) is 5.75 Å². The second kappa shape index (κ2) is 10.6. The number of imidazole rings is 1. The highest BCUT2D eigenvalue weighted by Gasteiger charge is 2.10. The Morgan fingerprint density at radius 2 is 1.85 bits per heavy atom. The average Bonchev–Trinajstić information content (AvgIpc) is 3.09. The van der Waals surface area contributed by atoms with E-state index in [0.717, 1.165) is 61.4 Å². The van der Waals surface area contributed by atoms with Crippen molar-refractivity contribution in [2.24, 2.45) is 0 Å². The van der Waals surface area contributed by atoms with Crippen LogP contribution in [0.4, 0.5) is 0 Å². The number of ether oxygens (including phenoxy) is 2. The molecule has 5 heteroatoms. The molecule has 0 aliphatic heterocycles. The highest BCUT2D eigenvalue weighted by molar-refractivity contribution is 5.69. The number of aromatic nitrogens is 2. The molecule has 0 atom stereocenters. The molecular formula is C21H30N2O3. The summed E-state index contributed by atoms with van der Waals surface area (Å²) < 4.78 is 10.5. The van der Waals surface area contributed by atoms with Gasteiger partial charge >= 0.3 is 5.97 Å². The van der Waals surface area contributed by atoms with Crippen molar-refractivity contribution in [3.8, 4) is 17.0 Å². The molecule has 0 spiro atoms. The number of hydrogen-bond acceptors (Lipinski definition) is 4. The Labute approximate surface area is 156 Å². The largest absolute Gasteiger partial charge is 0.490 e. The SMILES string of the molecule is COC(=O)CCCCCCCc1nc(-c2ccccc2OC(C)C)c[nH]1. The Hall–Kier alpha value is -2.30. The molecule has 142 valence electrons. The number of H-pyrrole nitrogens is 1. The van der Waals surface area contributed by atoms with Crippen molar-refractivity contribution >= 4 is 5.97 Å². The third-order valence-electron chi connectivity index (χ3n) is 4.18. The van der Waals surface area contributed by atoms with Gasteiger partial charge in [-0.1, -0.05) is 31.4 Å². The lowest BCUT2D eigenvalue weighted by Gasteiger charge is -2.12. The zero-order chi connectivity index (χ0) is 18.8. The Morgan fingerprint density at radius 1 is 1.12 bits per heavy atom. The molecule has 2 aromatic rings. The summed E-state index contributed by atoms with van der Waals surface area (Å²) in [5.41, 5.74) is 1.95. The molecule has 0 saturated heterocycles. The molecule has 0 saturated carbocycles. The van der Waals surface area contributed by atoms with Gasteiger partial charge in [0.15, 0.2) is 0 Å². The fourth-order valence-electron chi connectivity index (χ4n) is 2.86. The fourth-order valence-corrected chi connectivity index (χ4v) is 2.86. The fraction of sp³-hybridized carbons (Fsp3) is 0.524. The van der Waals surface area contributed by atoms with Crippen LogP contribution in [0.25, 0.3) is 11.3 Å². The van der Waals surface area contributed by atoms with Crippen molar-refractivity contribution in [3.63, 3.8) is 0 Å². The minimum Gasteiger partial charge on any atom is -0.490 e. The second-order valence-electron chi connectivity index (χ2n) is 6.74. The highest BCUT2D eigenvalue weighted by atomic mass is 16.5. The van der Waals surface area contributed by atoms with Crippen LogP contribution in [0.3, 0.4) is 0 Å². The first kappa shape index (κ1) is 20.0. The number of benzene rings is 1. The van der Waals surface area contributed by atoms with Crippen molar-refractivity contribution in [1.82, 2.24) is 9.97 Å². The number of aryl methyl sites for hydroxylation is 1. The number of carbonyl (C=O) groups is 1. The standard InChI is InChI=1S/C21H30N2O3/c1-16(2)26-19-12-10-9-11-17(19)18-15-22-20(23-18)13-7-5-4-6-8-14-21(24)25-3/h9-12,15-16H,4-8,13-14H2,1-3H3,(H,22,23). The maximum atomic E-state index is 11.0. The molecule has 1 heterocycles. The summed E-state index contributed by atoms with van der Waals surface area (Å²) in [7, 11) is 1.44. The summed E-state index contributed by atoms with van der Waals surface area (Å²) >= 11 is 0. The van der Waals surface area contributed by atoms with Crippen molar-refractivity contribution < 1.29 is 14.3 Å². The molecule has 0 aliphatic carbocycles. The van der Waals surface area contributed by atoms with Crippen LogP contribution in [-0.2, 0) is 16.0 Å². The van der Waals surface area contributed by atoms with E-state index in [0.29, 0.717) is 6.42 Å². The first-order chi connectivity index (χ1) is 12.6. The van der Waals surface area contributed by atoms with Gasteiger partial charge in [-0.2, -0.15) is 0 Å². The van der Waals surface area contributed by atoms with E-state index in [1.165, 1.54) is 7.11 Å². The smallest absolute Gasteiger partial charge is 0.305 e. The van der Waals surface area contributed by atoms with Gasteiger partial charge < -0.3 is 14.5 Å². The highest BCUT2D eigenvalue weighted by Crippen LogP contribution is 2.29. The van der Waals surface area contributed by atoms with E-state index < -0.39 is 0 Å². The average molecular weight is 358 g/mol. The number of aromatic amines is 1. The number of nitrogens with zero attached hydrogens (tertiary/aromatic N) is 1. The zero-order valence-corrected chi connectivity index (χ0v) is 16.1. The maximum absolute atomic E-state index is 11.0. The van der Waals surface area contributed by atoms with Gasteiger partial charge in [-0.25, -0.2) is 4.98 Å². The first-order valence-electron chi connectivity index (χ1n) is 9.47. The van der Waals surface area contributed by atoms with Gasteiger partial charge in [0, 0.05) is 24.6 Å². The quantitative estimate of drug-likeness (QED) is 0.457. The monoisotopic (exact) mass is 358 g/mol. The summed E-state index contributed by atoms with van der Waals surface area (Å²) in [6.07, 6.45) is 8.89. The second-order valence-corrected chi connectivity index (χ2v) is 6.74. The number of hydrogen-bond donors (Lipinski definition) is 1. The van der Waals surface area contributed by atoms with Gasteiger partial charge in [-0.3, -0.25) is 4.79 Å². The van der Waals surface area contributed by atoms with E-state index in [9.17, 15) is 4.79 Å².